The molecule has 2 aromatic rings. The Balaban J connectivity index is 2.68. The van der Waals surface area contributed by atoms with Gasteiger partial charge in [-0.1, -0.05) is 79.4 Å². The Bertz CT molecular complexity index is 841. The zero-order valence-electron chi connectivity index (χ0n) is 19.2. The molecule has 0 fully saturated rings. The minimum atomic E-state index is -0.222. The molecule has 0 aliphatic rings. The summed E-state index contributed by atoms with van der Waals surface area (Å²) in [4.78, 5) is 0. The van der Waals surface area contributed by atoms with Crippen LogP contribution in [0, 0.1) is 19.7 Å². The zero-order chi connectivity index (χ0) is 21.8. The first-order valence-electron chi connectivity index (χ1n) is 10.3. The maximum Gasteiger partial charge on any atom is 0.188 e. The van der Waals surface area contributed by atoms with Crippen molar-refractivity contribution in [2.45, 2.75) is 71.9 Å². The summed E-state index contributed by atoms with van der Waals surface area (Å²) in [7, 11) is 1.95. The number of rotatable bonds is 8. The molecule has 0 saturated heterocycles. The van der Waals surface area contributed by atoms with Crippen molar-refractivity contribution in [1.29, 1.82) is 0 Å². The quantitative estimate of drug-likeness (QED) is 0.349. The highest BCUT2D eigenvalue weighted by Gasteiger charge is 2.34. The summed E-state index contributed by atoms with van der Waals surface area (Å²) in [5.41, 5.74) is 4.39. The number of methoxy groups -OCH3 is 1. The predicted molar refractivity (Wildman–Crippen MR) is 124 cm³/mol. The fourth-order valence-electron chi connectivity index (χ4n) is 3.80. The minimum Gasteiger partial charge on any atom is -0.467 e. The Hall–Kier alpha value is -1.44. The molecule has 4 heteroatoms. The topological polar surface area (TPSA) is 18.5 Å². The van der Waals surface area contributed by atoms with Gasteiger partial charge in [0, 0.05) is 28.7 Å². The molecule has 2 aromatic carbocycles. The average Bonchev–Trinajstić information content (AvgIpc) is 2.62. The molecule has 0 bridgehead atoms. The molecule has 160 valence electrons. The molecule has 0 saturated carbocycles. The van der Waals surface area contributed by atoms with Gasteiger partial charge in [-0.05, 0) is 37.3 Å². The second-order valence-corrected chi connectivity index (χ2v) is 11.1. The van der Waals surface area contributed by atoms with Crippen molar-refractivity contribution in [3.8, 4) is 5.75 Å². The third-order valence-corrected chi connectivity index (χ3v) is 6.99. The second kappa shape index (κ2) is 9.58. The van der Waals surface area contributed by atoms with Crippen molar-refractivity contribution < 1.29 is 13.9 Å². The molecule has 0 radical (unpaired) electrons. The van der Waals surface area contributed by atoms with Gasteiger partial charge in [0.2, 0.25) is 0 Å². The Morgan fingerprint density at radius 1 is 0.966 bits per heavy atom. The summed E-state index contributed by atoms with van der Waals surface area (Å²) >= 11 is 0. The normalized spacial score (nSPS) is 14.4. The molecule has 2 nitrogen and oxygen atoms in total. The first-order chi connectivity index (χ1) is 13.5. The maximum absolute atomic E-state index is 14.7. The number of hydrogen-bond donors (Lipinski definition) is 0. The molecular weight excluding hydrogens is 382 g/mol. The highest BCUT2D eigenvalue weighted by atomic mass is 31.1. The van der Waals surface area contributed by atoms with Crippen LogP contribution >= 0.6 is 8.58 Å². The number of hydrogen-bond acceptors (Lipinski definition) is 2. The van der Waals surface area contributed by atoms with Crippen molar-refractivity contribution in [3.63, 3.8) is 0 Å². The smallest absolute Gasteiger partial charge is 0.188 e. The van der Waals surface area contributed by atoms with Crippen LogP contribution < -0.4 is 10.0 Å². The summed E-state index contributed by atoms with van der Waals surface area (Å²) in [5, 5.41) is 0.558. The van der Waals surface area contributed by atoms with Crippen LogP contribution in [0.1, 0.15) is 69.7 Å². The summed E-state index contributed by atoms with van der Waals surface area (Å²) in [5.74, 6) is 0.773. The zero-order valence-corrected chi connectivity index (χ0v) is 20.2. The Morgan fingerprint density at radius 3 is 2.17 bits per heavy atom. The monoisotopic (exact) mass is 418 g/mol. The van der Waals surface area contributed by atoms with Gasteiger partial charge >= 0.3 is 0 Å². The highest BCUT2D eigenvalue weighted by Crippen LogP contribution is 2.51. The van der Waals surface area contributed by atoms with E-state index in [2.05, 4.69) is 53.7 Å². The lowest BCUT2D eigenvalue weighted by Gasteiger charge is -2.35. The molecule has 0 aliphatic carbocycles. The van der Waals surface area contributed by atoms with E-state index in [0.29, 0.717) is 8.58 Å². The van der Waals surface area contributed by atoms with Gasteiger partial charge < -0.3 is 9.47 Å². The first-order valence-corrected chi connectivity index (χ1v) is 11.3. The summed E-state index contributed by atoms with van der Waals surface area (Å²) in [6.07, 6.45) is 1.97. The average molecular weight is 419 g/mol. The fourth-order valence-corrected chi connectivity index (χ4v) is 5.44. The van der Waals surface area contributed by atoms with Gasteiger partial charge in [0.05, 0.1) is 0 Å². The van der Waals surface area contributed by atoms with E-state index in [1.54, 1.807) is 13.2 Å². The summed E-state index contributed by atoms with van der Waals surface area (Å²) in [6, 6.07) is 9.99. The highest BCUT2D eigenvalue weighted by molar-refractivity contribution is 7.48. The Kier molecular flexibility index (Phi) is 7.87. The molecule has 0 amide bonds. The predicted octanol–water partition coefficient (Wildman–Crippen LogP) is 6.74. The van der Waals surface area contributed by atoms with E-state index in [1.165, 1.54) is 11.1 Å². The van der Waals surface area contributed by atoms with Gasteiger partial charge in [-0.2, -0.15) is 0 Å². The van der Waals surface area contributed by atoms with E-state index in [-0.39, 0.29) is 23.2 Å². The van der Waals surface area contributed by atoms with Crippen LogP contribution in [0.25, 0.3) is 0 Å². The van der Waals surface area contributed by atoms with Crippen LogP contribution in [-0.2, 0) is 15.3 Å². The van der Waals surface area contributed by atoms with E-state index in [9.17, 15) is 4.39 Å². The number of aryl methyl sites for hydroxylation is 2. The van der Waals surface area contributed by atoms with Crippen molar-refractivity contribution in [3.05, 3.63) is 58.4 Å². The molecule has 0 heterocycles. The molecule has 0 N–H and O–H groups in total. The SMILES string of the molecule is CCCC(C)(Pc1ccc(C)cc1F)c1cc(C)cc(C(C)(C)C)c1OCOC. The van der Waals surface area contributed by atoms with Gasteiger partial charge in [-0.3, -0.25) is 0 Å². The van der Waals surface area contributed by atoms with Gasteiger partial charge in [0.25, 0.3) is 0 Å². The van der Waals surface area contributed by atoms with E-state index in [1.807, 2.05) is 19.1 Å². The minimum absolute atomic E-state index is 0.0742. The van der Waals surface area contributed by atoms with E-state index in [0.717, 1.165) is 35.0 Å². The van der Waals surface area contributed by atoms with Crippen molar-refractivity contribution in [1.82, 2.24) is 0 Å². The number of benzene rings is 2. The van der Waals surface area contributed by atoms with Crippen molar-refractivity contribution in [2.24, 2.45) is 0 Å². The van der Waals surface area contributed by atoms with E-state index in [4.69, 9.17) is 9.47 Å². The Morgan fingerprint density at radius 2 is 1.62 bits per heavy atom. The van der Waals surface area contributed by atoms with Gasteiger partial charge in [0.15, 0.2) is 6.79 Å². The molecule has 2 rings (SSSR count). The number of halogens is 1. The van der Waals surface area contributed by atoms with Crippen molar-refractivity contribution >= 4 is 13.9 Å². The molecule has 29 heavy (non-hydrogen) atoms. The Labute approximate surface area is 178 Å². The van der Waals surface area contributed by atoms with Crippen LogP contribution in [-0.4, -0.2) is 13.9 Å². The van der Waals surface area contributed by atoms with Gasteiger partial charge in [0.1, 0.15) is 11.6 Å². The maximum atomic E-state index is 14.7. The van der Waals surface area contributed by atoms with Crippen molar-refractivity contribution in [2.75, 3.05) is 13.9 Å². The van der Waals surface area contributed by atoms with Crippen LogP contribution in [0.5, 0.6) is 5.75 Å². The lowest BCUT2D eigenvalue weighted by Crippen LogP contribution is -2.24. The van der Waals surface area contributed by atoms with Gasteiger partial charge in [-0.25, -0.2) is 4.39 Å². The lowest BCUT2D eigenvalue weighted by molar-refractivity contribution is 0.0486. The summed E-state index contributed by atoms with van der Waals surface area (Å²) < 4.78 is 26.2. The molecule has 0 aliphatic heterocycles. The van der Waals surface area contributed by atoms with Crippen LogP contribution in [0.4, 0.5) is 4.39 Å². The largest absolute Gasteiger partial charge is 0.467 e. The lowest BCUT2D eigenvalue weighted by atomic mass is 9.81. The third-order valence-electron chi connectivity index (χ3n) is 5.24. The standard InChI is InChI=1S/C25H36FO2P/c1-9-12-25(7,29-22-11-10-17(2)15-21(22)26)20-14-18(3)13-19(24(4,5)6)23(20)28-16-27-8/h10-11,13-15,29H,9,12,16H2,1-8H3. The fraction of sp³-hybridized carbons (Fsp3) is 0.520. The third kappa shape index (κ3) is 5.80. The number of ether oxygens (including phenoxy) is 2. The second-order valence-electron chi connectivity index (χ2n) is 9.18. The van der Waals surface area contributed by atoms with E-state index >= 15 is 0 Å². The molecule has 2 atom stereocenters. The van der Waals surface area contributed by atoms with Crippen LogP contribution in [0.15, 0.2) is 30.3 Å². The van der Waals surface area contributed by atoms with Crippen LogP contribution in [0.2, 0.25) is 0 Å². The molecule has 0 aromatic heterocycles. The molecule has 0 spiro atoms. The molecule has 2 unspecified atom stereocenters. The molecular formula is C25H36FO2P. The summed E-state index contributed by atoms with van der Waals surface area (Å²) in [6.45, 7) is 15.3. The van der Waals surface area contributed by atoms with Gasteiger partial charge in [-0.15, -0.1) is 0 Å². The van der Waals surface area contributed by atoms with E-state index < -0.39 is 0 Å². The first kappa shape index (κ1) is 23.8. The van der Waals surface area contributed by atoms with Crippen LogP contribution in [0.3, 0.4) is 0 Å².